The molecular formula is C19H29NO. The molecule has 0 aromatic heterocycles. The third-order valence-electron chi connectivity index (χ3n) is 5.56. The van der Waals surface area contributed by atoms with E-state index >= 15 is 0 Å². The molecule has 0 bridgehead atoms. The maximum atomic E-state index is 10.7. The molecule has 1 aromatic rings. The van der Waals surface area contributed by atoms with Gasteiger partial charge in [0.2, 0.25) is 0 Å². The van der Waals surface area contributed by atoms with Crippen LogP contribution >= 0.6 is 0 Å². The van der Waals surface area contributed by atoms with Gasteiger partial charge in [0.25, 0.3) is 0 Å². The molecule has 1 atom stereocenters. The smallest absolute Gasteiger partial charge is 0.0772 e. The fourth-order valence-electron chi connectivity index (χ4n) is 3.80. The lowest BCUT2D eigenvalue weighted by Gasteiger charge is -2.36. The normalized spacial score (nSPS) is 30.1. The van der Waals surface area contributed by atoms with E-state index in [0.29, 0.717) is 6.04 Å². The summed E-state index contributed by atoms with van der Waals surface area (Å²) < 4.78 is 0. The Kier molecular flexibility index (Phi) is 4.37. The predicted octanol–water partition coefficient (Wildman–Crippen LogP) is 3.77. The van der Waals surface area contributed by atoms with E-state index in [0.717, 1.165) is 38.1 Å². The highest BCUT2D eigenvalue weighted by atomic mass is 16.3. The summed E-state index contributed by atoms with van der Waals surface area (Å²) in [6, 6.07) is 7.24. The Balaban J connectivity index is 1.58. The van der Waals surface area contributed by atoms with Gasteiger partial charge in [0, 0.05) is 12.6 Å². The summed E-state index contributed by atoms with van der Waals surface area (Å²) >= 11 is 0. The predicted molar refractivity (Wildman–Crippen MR) is 87.5 cm³/mol. The third-order valence-corrected chi connectivity index (χ3v) is 5.56. The van der Waals surface area contributed by atoms with Gasteiger partial charge in [-0.25, -0.2) is 0 Å². The molecule has 1 unspecified atom stereocenters. The minimum Gasteiger partial charge on any atom is -0.389 e. The molecular weight excluding hydrogens is 258 g/mol. The maximum absolute atomic E-state index is 10.7. The Labute approximate surface area is 129 Å². The van der Waals surface area contributed by atoms with Crippen LogP contribution in [0.4, 0.5) is 0 Å². The molecule has 0 heterocycles. The van der Waals surface area contributed by atoms with Crippen LogP contribution in [0.25, 0.3) is 0 Å². The second-order valence-corrected chi connectivity index (χ2v) is 7.39. The minimum absolute atomic E-state index is 0.319. The molecule has 2 aliphatic carbocycles. The van der Waals surface area contributed by atoms with Crippen molar-refractivity contribution in [1.29, 1.82) is 0 Å². The van der Waals surface area contributed by atoms with Crippen molar-refractivity contribution in [2.45, 2.75) is 70.4 Å². The molecule has 21 heavy (non-hydrogen) atoms. The molecule has 0 aliphatic heterocycles. The number of aliphatic hydroxyl groups is 1. The second kappa shape index (κ2) is 6.10. The average Bonchev–Trinajstić information content (AvgIpc) is 2.96. The summed E-state index contributed by atoms with van der Waals surface area (Å²) in [5.74, 6) is 0.777. The van der Waals surface area contributed by atoms with Crippen molar-refractivity contribution in [2.75, 3.05) is 6.54 Å². The van der Waals surface area contributed by atoms with Gasteiger partial charge in [-0.15, -0.1) is 0 Å². The highest BCUT2D eigenvalue weighted by molar-refractivity contribution is 5.36. The van der Waals surface area contributed by atoms with E-state index in [2.05, 4.69) is 37.4 Å². The summed E-state index contributed by atoms with van der Waals surface area (Å²) in [7, 11) is 0. The summed E-state index contributed by atoms with van der Waals surface area (Å²) in [6.45, 7) is 5.23. The first-order valence-corrected chi connectivity index (χ1v) is 8.63. The highest BCUT2D eigenvalue weighted by Gasteiger charge is 2.31. The van der Waals surface area contributed by atoms with Crippen LogP contribution in [0, 0.1) is 5.92 Å². The summed E-state index contributed by atoms with van der Waals surface area (Å²) in [6.07, 6.45) is 7.98. The van der Waals surface area contributed by atoms with Gasteiger partial charge in [-0.2, -0.15) is 0 Å². The Morgan fingerprint density at radius 3 is 2.71 bits per heavy atom. The molecule has 2 N–H and O–H groups in total. The molecule has 2 heteroatoms. The molecule has 0 saturated heterocycles. The fourth-order valence-corrected chi connectivity index (χ4v) is 3.80. The topological polar surface area (TPSA) is 32.3 Å². The van der Waals surface area contributed by atoms with E-state index < -0.39 is 5.60 Å². The third kappa shape index (κ3) is 3.49. The van der Waals surface area contributed by atoms with Gasteiger partial charge in [0.15, 0.2) is 0 Å². The van der Waals surface area contributed by atoms with Crippen LogP contribution in [0.15, 0.2) is 18.2 Å². The first-order chi connectivity index (χ1) is 10.1. The molecule has 0 radical (unpaired) electrons. The number of hydrogen-bond donors (Lipinski definition) is 2. The van der Waals surface area contributed by atoms with Crippen molar-refractivity contribution in [1.82, 2.24) is 5.32 Å². The van der Waals surface area contributed by atoms with Gasteiger partial charge in [-0.1, -0.05) is 25.1 Å². The Hall–Kier alpha value is -0.860. The fraction of sp³-hybridized carbons (Fsp3) is 0.684. The van der Waals surface area contributed by atoms with Crippen LogP contribution in [0.1, 0.15) is 68.7 Å². The molecule has 1 aromatic carbocycles. The standard InChI is InChI=1S/C19H29NO/c1-14-8-10-19(21,11-9-14)13-20-15(2)17-7-6-16-4-3-5-18(16)12-17/h6-7,12,14-15,20-21H,3-5,8-11,13H2,1-2H3. The molecule has 1 fully saturated rings. The van der Waals surface area contributed by atoms with Crippen LogP contribution in [0.3, 0.4) is 0 Å². The van der Waals surface area contributed by atoms with E-state index in [1.54, 1.807) is 0 Å². The Morgan fingerprint density at radius 2 is 1.95 bits per heavy atom. The quantitative estimate of drug-likeness (QED) is 0.883. The van der Waals surface area contributed by atoms with Crippen molar-refractivity contribution in [3.63, 3.8) is 0 Å². The summed E-state index contributed by atoms with van der Waals surface area (Å²) in [5, 5.41) is 14.2. The van der Waals surface area contributed by atoms with Crippen LogP contribution < -0.4 is 5.32 Å². The number of benzene rings is 1. The summed E-state index contributed by atoms with van der Waals surface area (Å²) in [5.41, 5.74) is 3.94. The highest BCUT2D eigenvalue weighted by Crippen LogP contribution is 2.32. The summed E-state index contributed by atoms with van der Waals surface area (Å²) in [4.78, 5) is 0. The van der Waals surface area contributed by atoms with Gasteiger partial charge >= 0.3 is 0 Å². The van der Waals surface area contributed by atoms with Crippen LogP contribution in [0.2, 0.25) is 0 Å². The lowest BCUT2D eigenvalue weighted by Crippen LogP contribution is -2.44. The van der Waals surface area contributed by atoms with Gasteiger partial charge < -0.3 is 10.4 Å². The molecule has 116 valence electrons. The van der Waals surface area contributed by atoms with Gasteiger partial charge in [0.05, 0.1) is 5.60 Å². The number of hydrogen-bond acceptors (Lipinski definition) is 2. The van der Waals surface area contributed by atoms with Crippen LogP contribution in [-0.4, -0.2) is 17.3 Å². The SMILES string of the molecule is CC1CCC(O)(CNC(C)c2ccc3c(c2)CCC3)CC1. The van der Waals surface area contributed by atoms with E-state index in [1.165, 1.54) is 36.0 Å². The van der Waals surface area contributed by atoms with E-state index in [9.17, 15) is 5.11 Å². The average molecular weight is 287 g/mol. The van der Waals surface area contributed by atoms with E-state index in [1.807, 2.05) is 0 Å². The number of nitrogens with one attached hydrogen (secondary N) is 1. The molecule has 2 aliphatic rings. The van der Waals surface area contributed by atoms with Crippen molar-refractivity contribution in [3.8, 4) is 0 Å². The number of fused-ring (bicyclic) bond motifs is 1. The Bertz CT molecular complexity index is 488. The minimum atomic E-state index is -0.489. The number of rotatable bonds is 4. The van der Waals surface area contributed by atoms with Crippen molar-refractivity contribution in [3.05, 3.63) is 34.9 Å². The van der Waals surface area contributed by atoms with Gasteiger partial charge in [-0.3, -0.25) is 0 Å². The van der Waals surface area contributed by atoms with Gasteiger partial charge in [-0.05, 0) is 74.5 Å². The molecule has 1 saturated carbocycles. The van der Waals surface area contributed by atoms with Crippen molar-refractivity contribution in [2.24, 2.45) is 5.92 Å². The molecule has 2 nitrogen and oxygen atoms in total. The van der Waals surface area contributed by atoms with E-state index in [-0.39, 0.29) is 0 Å². The van der Waals surface area contributed by atoms with Crippen LogP contribution in [-0.2, 0) is 12.8 Å². The van der Waals surface area contributed by atoms with Crippen molar-refractivity contribution < 1.29 is 5.11 Å². The van der Waals surface area contributed by atoms with Crippen LogP contribution in [0.5, 0.6) is 0 Å². The zero-order valence-corrected chi connectivity index (χ0v) is 13.5. The Morgan fingerprint density at radius 1 is 1.24 bits per heavy atom. The molecule has 0 spiro atoms. The maximum Gasteiger partial charge on any atom is 0.0772 e. The molecule has 0 amide bonds. The first kappa shape index (κ1) is 15.1. The van der Waals surface area contributed by atoms with Crippen molar-refractivity contribution >= 4 is 0 Å². The lowest BCUT2D eigenvalue weighted by molar-refractivity contribution is -0.00783. The zero-order chi connectivity index (χ0) is 14.9. The zero-order valence-electron chi connectivity index (χ0n) is 13.5. The second-order valence-electron chi connectivity index (χ2n) is 7.39. The lowest BCUT2D eigenvalue weighted by atomic mass is 9.79. The first-order valence-electron chi connectivity index (χ1n) is 8.63. The molecule has 3 rings (SSSR count). The number of aryl methyl sites for hydroxylation is 2. The van der Waals surface area contributed by atoms with E-state index in [4.69, 9.17) is 0 Å². The largest absolute Gasteiger partial charge is 0.389 e. The monoisotopic (exact) mass is 287 g/mol. The van der Waals surface area contributed by atoms with Gasteiger partial charge in [0.1, 0.15) is 0 Å².